The first-order valence-corrected chi connectivity index (χ1v) is 10.4. The van der Waals surface area contributed by atoms with Crippen molar-refractivity contribution >= 4 is 33.7 Å². The van der Waals surface area contributed by atoms with Crippen LogP contribution >= 0.6 is 15.9 Å². The molecule has 0 spiro atoms. The molecule has 0 aromatic heterocycles. The van der Waals surface area contributed by atoms with Crippen molar-refractivity contribution in [2.75, 3.05) is 26.8 Å². The molecular formula is C22H23BrN2O5. The van der Waals surface area contributed by atoms with E-state index in [1.807, 2.05) is 30.3 Å². The van der Waals surface area contributed by atoms with Crippen LogP contribution in [0.2, 0.25) is 0 Å². The van der Waals surface area contributed by atoms with Crippen molar-refractivity contribution in [2.24, 2.45) is 0 Å². The number of esters is 1. The van der Waals surface area contributed by atoms with Crippen LogP contribution in [0, 0.1) is 0 Å². The van der Waals surface area contributed by atoms with Crippen LogP contribution in [0.5, 0.6) is 5.75 Å². The Bertz CT molecular complexity index is 919. The average molecular weight is 475 g/mol. The lowest BCUT2D eigenvalue weighted by atomic mass is 10.1. The molecule has 1 unspecified atom stereocenters. The summed E-state index contributed by atoms with van der Waals surface area (Å²) in [6, 6.07) is 13.8. The summed E-state index contributed by atoms with van der Waals surface area (Å²) in [4.78, 5) is 39.4. The summed E-state index contributed by atoms with van der Waals surface area (Å²) in [5.74, 6) is -0.862. The van der Waals surface area contributed by atoms with Crippen LogP contribution < -0.4 is 10.1 Å². The number of halogens is 1. The zero-order valence-electron chi connectivity index (χ0n) is 16.6. The van der Waals surface area contributed by atoms with Crippen molar-refractivity contribution in [3.05, 3.63) is 64.1 Å². The third-order valence-electron chi connectivity index (χ3n) is 4.84. The standard InChI is InChI=1S/C22H23BrN2O5/c1-29-19-8-7-16(23)13-17(19)22(28)25-11-10-24-21(27)18(25)14-20(26)30-12-9-15-5-3-2-4-6-15/h2-8,13,18H,9-12,14H2,1H3,(H,24,27). The minimum absolute atomic E-state index is 0.206. The first-order valence-electron chi connectivity index (χ1n) is 9.61. The summed E-state index contributed by atoms with van der Waals surface area (Å²) >= 11 is 3.35. The van der Waals surface area contributed by atoms with E-state index in [0.29, 0.717) is 35.3 Å². The van der Waals surface area contributed by atoms with E-state index in [1.165, 1.54) is 12.0 Å². The van der Waals surface area contributed by atoms with E-state index in [2.05, 4.69) is 21.2 Å². The lowest BCUT2D eigenvalue weighted by Gasteiger charge is -2.34. The molecule has 3 rings (SSSR count). The predicted molar refractivity (Wildman–Crippen MR) is 114 cm³/mol. The van der Waals surface area contributed by atoms with Crippen LogP contribution in [0.3, 0.4) is 0 Å². The summed E-state index contributed by atoms with van der Waals surface area (Å²) in [5.41, 5.74) is 1.38. The molecule has 2 aromatic rings. The quantitative estimate of drug-likeness (QED) is 0.623. The Balaban J connectivity index is 1.67. The van der Waals surface area contributed by atoms with E-state index < -0.39 is 12.0 Å². The van der Waals surface area contributed by atoms with Gasteiger partial charge in [-0.25, -0.2) is 0 Å². The second kappa shape index (κ2) is 10.2. The number of piperazine rings is 1. The first-order chi connectivity index (χ1) is 14.5. The van der Waals surface area contributed by atoms with Gasteiger partial charge < -0.3 is 19.7 Å². The molecule has 0 radical (unpaired) electrons. The number of benzene rings is 2. The van der Waals surface area contributed by atoms with Crippen molar-refractivity contribution in [3.63, 3.8) is 0 Å². The molecule has 1 fully saturated rings. The van der Waals surface area contributed by atoms with Gasteiger partial charge >= 0.3 is 5.97 Å². The summed E-state index contributed by atoms with van der Waals surface area (Å²) in [6.45, 7) is 0.827. The van der Waals surface area contributed by atoms with E-state index in [1.54, 1.807) is 18.2 Å². The highest BCUT2D eigenvalue weighted by Gasteiger charge is 2.36. The number of ether oxygens (including phenoxy) is 2. The van der Waals surface area contributed by atoms with E-state index in [9.17, 15) is 14.4 Å². The van der Waals surface area contributed by atoms with E-state index in [-0.39, 0.29) is 24.8 Å². The predicted octanol–water partition coefficient (Wildman–Crippen LogP) is 2.57. The van der Waals surface area contributed by atoms with E-state index in [4.69, 9.17) is 9.47 Å². The van der Waals surface area contributed by atoms with Crippen molar-refractivity contribution in [1.29, 1.82) is 0 Å². The van der Waals surface area contributed by atoms with Gasteiger partial charge in [-0.15, -0.1) is 0 Å². The van der Waals surface area contributed by atoms with Gasteiger partial charge in [-0.2, -0.15) is 0 Å². The van der Waals surface area contributed by atoms with Gasteiger partial charge in [0.05, 0.1) is 25.7 Å². The van der Waals surface area contributed by atoms with Crippen LogP contribution in [-0.4, -0.2) is 55.5 Å². The number of methoxy groups -OCH3 is 1. The molecule has 2 amide bonds. The van der Waals surface area contributed by atoms with Crippen LogP contribution in [-0.2, 0) is 20.7 Å². The molecule has 158 valence electrons. The molecule has 1 N–H and O–H groups in total. The fourth-order valence-corrected chi connectivity index (χ4v) is 3.67. The number of carbonyl (C=O) groups is 3. The Morgan fingerprint density at radius 2 is 1.97 bits per heavy atom. The summed E-state index contributed by atoms with van der Waals surface area (Å²) in [6.07, 6.45) is 0.379. The van der Waals surface area contributed by atoms with Gasteiger partial charge in [0.15, 0.2) is 0 Å². The second-order valence-corrected chi connectivity index (χ2v) is 7.73. The maximum absolute atomic E-state index is 13.2. The lowest BCUT2D eigenvalue weighted by Crippen LogP contribution is -2.57. The van der Waals surface area contributed by atoms with Gasteiger partial charge in [-0.1, -0.05) is 46.3 Å². The van der Waals surface area contributed by atoms with Crippen molar-refractivity contribution in [1.82, 2.24) is 10.2 Å². The molecule has 30 heavy (non-hydrogen) atoms. The van der Waals surface area contributed by atoms with Crippen molar-refractivity contribution < 1.29 is 23.9 Å². The van der Waals surface area contributed by atoms with Crippen LogP contribution in [0.4, 0.5) is 0 Å². The van der Waals surface area contributed by atoms with E-state index >= 15 is 0 Å². The van der Waals surface area contributed by atoms with Crippen molar-refractivity contribution in [3.8, 4) is 5.75 Å². The van der Waals surface area contributed by atoms with Crippen molar-refractivity contribution in [2.45, 2.75) is 18.9 Å². The molecule has 1 aliphatic rings. The maximum Gasteiger partial charge on any atom is 0.308 e. The van der Waals surface area contributed by atoms with Gasteiger partial charge in [0, 0.05) is 24.0 Å². The maximum atomic E-state index is 13.2. The van der Waals surface area contributed by atoms with Gasteiger partial charge in [0.2, 0.25) is 5.91 Å². The number of rotatable bonds is 7. The topological polar surface area (TPSA) is 84.9 Å². The minimum atomic E-state index is -0.931. The molecule has 1 atom stereocenters. The lowest BCUT2D eigenvalue weighted by molar-refractivity contribution is -0.147. The Hall–Kier alpha value is -2.87. The molecular weight excluding hydrogens is 452 g/mol. The second-order valence-electron chi connectivity index (χ2n) is 6.81. The number of amides is 2. The summed E-state index contributed by atoms with van der Waals surface area (Å²) in [5, 5.41) is 2.71. The van der Waals surface area contributed by atoms with Crippen LogP contribution in [0.25, 0.3) is 0 Å². The number of hydrogen-bond acceptors (Lipinski definition) is 5. The third kappa shape index (κ3) is 5.38. The average Bonchev–Trinajstić information content (AvgIpc) is 2.75. The van der Waals surface area contributed by atoms with Gasteiger partial charge in [0.1, 0.15) is 11.8 Å². The highest BCUT2D eigenvalue weighted by molar-refractivity contribution is 9.10. The number of nitrogens with one attached hydrogen (secondary N) is 1. The zero-order valence-corrected chi connectivity index (χ0v) is 18.2. The van der Waals surface area contributed by atoms with Gasteiger partial charge in [0.25, 0.3) is 5.91 Å². The highest BCUT2D eigenvalue weighted by Crippen LogP contribution is 2.26. The Morgan fingerprint density at radius 1 is 1.20 bits per heavy atom. The molecule has 1 heterocycles. The monoisotopic (exact) mass is 474 g/mol. The summed E-state index contributed by atoms with van der Waals surface area (Å²) < 4.78 is 11.3. The van der Waals surface area contributed by atoms with Crippen LogP contribution in [0.15, 0.2) is 53.0 Å². The molecule has 8 heteroatoms. The summed E-state index contributed by atoms with van der Waals surface area (Å²) in [7, 11) is 1.48. The minimum Gasteiger partial charge on any atom is -0.496 e. The van der Waals surface area contributed by atoms with E-state index in [0.717, 1.165) is 5.56 Å². The fraction of sp³-hybridized carbons (Fsp3) is 0.318. The molecule has 0 bridgehead atoms. The third-order valence-corrected chi connectivity index (χ3v) is 5.33. The molecule has 1 aliphatic heterocycles. The van der Waals surface area contributed by atoms with Gasteiger partial charge in [-0.3, -0.25) is 14.4 Å². The highest BCUT2D eigenvalue weighted by atomic mass is 79.9. The largest absolute Gasteiger partial charge is 0.496 e. The zero-order chi connectivity index (χ0) is 21.5. The number of nitrogens with zero attached hydrogens (tertiary/aromatic N) is 1. The molecule has 0 saturated carbocycles. The fourth-order valence-electron chi connectivity index (χ4n) is 3.31. The number of hydrogen-bond donors (Lipinski definition) is 1. The smallest absolute Gasteiger partial charge is 0.308 e. The van der Waals surface area contributed by atoms with Crippen LogP contribution in [0.1, 0.15) is 22.3 Å². The molecule has 0 aliphatic carbocycles. The number of carbonyl (C=O) groups excluding carboxylic acids is 3. The molecule has 7 nitrogen and oxygen atoms in total. The Morgan fingerprint density at radius 3 is 2.70 bits per heavy atom. The van der Waals surface area contributed by atoms with Gasteiger partial charge in [-0.05, 0) is 23.8 Å². The normalized spacial score (nSPS) is 16.0. The Kier molecular flexibility index (Phi) is 7.46. The first kappa shape index (κ1) is 21.8. The Labute approximate surface area is 183 Å². The molecule has 2 aromatic carbocycles. The SMILES string of the molecule is COc1ccc(Br)cc1C(=O)N1CCNC(=O)C1CC(=O)OCCc1ccccc1. The molecule has 1 saturated heterocycles.